The molecule has 0 spiro atoms. The Labute approximate surface area is 132 Å². The quantitative estimate of drug-likeness (QED) is 0.907. The van der Waals surface area contributed by atoms with E-state index in [4.69, 9.17) is 4.74 Å². The van der Waals surface area contributed by atoms with Crippen LogP contribution < -0.4 is 10.1 Å². The molecule has 0 radical (unpaired) electrons. The largest absolute Gasteiger partial charge is 0.490 e. The van der Waals surface area contributed by atoms with Crippen LogP contribution in [0.15, 0.2) is 36.7 Å². The van der Waals surface area contributed by atoms with E-state index in [9.17, 15) is 13.6 Å². The number of carbonyl (C=O) groups is 1. The molecule has 3 rings (SSSR count). The molecule has 1 amide bonds. The third-order valence-electron chi connectivity index (χ3n) is 4.01. The van der Waals surface area contributed by atoms with Crippen molar-refractivity contribution in [3.8, 4) is 5.75 Å². The summed E-state index contributed by atoms with van der Waals surface area (Å²) in [6.07, 6.45) is 6.29. The fourth-order valence-electron chi connectivity index (χ4n) is 2.85. The van der Waals surface area contributed by atoms with E-state index in [1.165, 1.54) is 12.1 Å². The van der Waals surface area contributed by atoms with Crippen molar-refractivity contribution in [1.29, 1.82) is 0 Å². The second kappa shape index (κ2) is 6.81. The average Bonchev–Trinajstić information content (AvgIpc) is 3.02. The van der Waals surface area contributed by atoms with Gasteiger partial charge in [-0.25, -0.2) is 8.78 Å². The normalized spacial score (nSPS) is 21.0. The van der Waals surface area contributed by atoms with Gasteiger partial charge < -0.3 is 15.0 Å². The summed E-state index contributed by atoms with van der Waals surface area (Å²) in [5.41, 5.74) is 0.610. The Hall–Kier alpha value is -2.37. The number of benzene rings is 1. The monoisotopic (exact) mass is 320 g/mol. The standard InChI is InChI=1S/C17H18F2N2O2/c18-12-7-13(19)9-16(8-12)23-15-3-1-14(2-4-15)21-17(22)11-5-6-20-10-11/h5-10,14-15,20H,1-4H2,(H,21,22). The minimum Gasteiger partial charge on any atom is -0.490 e. The van der Waals surface area contributed by atoms with Gasteiger partial charge in [0.1, 0.15) is 17.4 Å². The minimum absolute atomic E-state index is 0.0865. The number of aromatic nitrogens is 1. The molecule has 1 heterocycles. The van der Waals surface area contributed by atoms with Gasteiger partial charge in [0.05, 0.1) is 11.7 Å². The van der Waals surface area contributed by atoms with Crippen LogP contribution in [-0.2, 0) is 0 Å². The van der Waals surface area contributed by atoms with Crippen molar-refractivity contribution in [2.45, 2.75) is 37.8 Å². The predicted molar refractivity (Wildman–Crippen MR) is 81.3 cm³/mol. The lowest BCUT2D eigenvalue weighted by Crippen LogP contribution is -2.39. The summed E-state index contributed by atoms with van der Waals surface area (Å²) in [5.74, 6) is -1.18. The first-order valence-corrected chi connectivity index (χ1v) is 7.66. The van der Waals surface area contributed by atoms with Crippen LogP contribution in [0.2, 0.25) is 0 Å². The molecule has 2 N–H and O–H groups in total. The van der Waals surface area contributed by atoms with Crippen molar-refractivity contribution in [3.05, 3.63) is 53.9 Å². The lowest BCUT2D eigenvalue weighted by Gasteiger charge is -2.29. The summed E-state index contributed by atoms with van der Waals surface area (Å²) in [5, 5.41) is 2.99. The van der Waals surface area contributed by atoms with Crippen molar-refractivity contribution < 1.29 is 18.3 Å². The van der Waals surface area contributed by atoms with Gasteiger partial charge in [-0.15, -0.1) is 0 Å². The topological polar surface area (TPSA) is 54.1 Å². The predicted octanol–water partition coefficient (Wildman–Crippen LogP) is 3.41. The van der Waals surface area contributed by atoms with Gasteiger partial charge in [-0.3, -0.25) is 4.79 Å². The smallest absolute Gasteiger partial charge is 0.253 e. The van der Waals surface area contributed by atoms with Gasteiger partial charge in [0, 0.05) is 36.6 Å². The number of aromatic amines is 1. The molecule has 1 aromatic carbocycles. The molecular weight excluding hydrogens is 302 g/mol. The molecule has 1 aromatic heterocycles. The molecule has 0 aliphatic heterocycles. The molecule has 4 nitrogen and oxygen atoms in total. The van der Waals surface area contributed by atoms with Gasteiger partial charge in [0.2, 0.25) is 0 Å². The molecule has 2 aromatic rings. The van der Waals surface area contributed by atoms with Crippen LogP contribution in [-0.4, -0.2) is 23.0 Å². The van der Waals surface area contributed by atoms with Crippen molar-refractivity contribution in [3.63, 3.8) is 0 Å². The highest BCUT2D eigenvalue weighted by Crippen LogP contribution is 2.25. The van der Waals surface area contributed by atoms with Gasteiger partial charge in [0.25, 0.3) is 5.91 Å². The van der Waals surface area contributed by atoms with E-state index in [1.807, 2.05) is 0 Å². The second-order valence-corrected chi connectivity index (χ2v) is 5.77. The summed E-state index contributed by atoms with van der Waals surface area (Å²) in [4.78, 5) is 14.8. The maximum Gasteiger partial charge on any atom is 0.253 e. The van der Waals surface area contributed by atoms with Crippen molar-refractivity contribution in [2.75, 3.05) is 0 Å². The Morgan fingerprint density at radius 3 is 2.43 bits per heavy atom. The van der Waals surface area contributed by atoms with Crippen LogP contribution in [0.1, 0.15) is 36.0 Å². The highest BCUT2D eigenvalue weighted by Gasteiger charge is 2.24. The molecule has 1 aliphatic rings. The van der Waals surface area contributed by atoms with E-state index in [0.29, 0.717) is 5.56 Å². The van der Waals surface area contributed by atoms with Crippen molar-refractivity contribution >= 4 is 5.91 Å². The maximum absolute atomic E-state index is 13.2. The summed E-state index contributed by atoms with van der Waals surface area (Å²) in [6.45, 7) is 0. The lowest BCUT2D eigenvalue weighted by molar-refractivity contribution is 0.0893. The molecule has 0 bridgehead atoms. The highest BCUT2D eigenvalue weighted by molar-refractivity contribution is 5.94. The van der Waals surface area contributed by atoms with E-state index in [2.05, 4.69) is 10.3 Å². The molecule has 1 fully saturated rings. The van der Waals surface area contributed by atoms with Gasteiger partial charge in [-0.05, 0) is 31.7 Å². The number of carbonyl (C=O) groups excluding carboxylic acids is 1. The zero-order valence-corrected chi connectivity index (χ0v) is 12.5. The third kappa shape index (κ3) is 4.09. The van der Waals surface area contributed by atoms with Gasteiger partial charge >= 0.3 is 0 Å². The first kappa shape index (κ1) is 15.5. The van der Waals surface area contributed by atoms with Gasteiger partial charge in [0.15, 0.2) is 0 Å². The molecule has 0 atom stereocenters. The summed E-state index contributed by atoms with van der Waals surface area (Å²) in [7, 11) is 0. The lowest BCUT2D eigenvalue weighted by atomic mass is 9.92. The van der Waals surface area contributed by atoms with Gasteiger partial charge in [-0.1, -0.05) is 0 Å². The number of nitrogens with one attached hydrogen (secondary N) is 2. The molecule has 23 heavy (non-hydrogen) atoms. The van der Waals surface area contributed by atoms with Crippen LogP contribution in [0.3, 0.4) is 0 Å². The van der Waals surface area contributed by atoms with E-state index in [-0.39, 0.29) is 23.8 Å². The number of hydrogen-bond donors (Lipinski definition) is 2. The number of halogens is 2. The summed E-state index contributed by atoms with van der Waals surface area (Å²) < 4.78 is 31.9. The third-order valence-corrected chi connectivity index (χ3v) is 4.01. The fourth-order valence-corrected chi connectivity index (χ4v) is 2.85. The van der Waals surface area contributed by atoms with Crippen LogP contribution >= 0.6 is 0 Å². The van der Waals surface area contributed by atoms with E-state index in [0.717, 1.165) is 31.7 Å². The molecule has 6 heteroatoms. The number of rotatable bonds is 4. The number of ether oxygens (including phenoxy) is 1. The van der Waals surface area contributed by atoms with Crippen molar-refractivity contribution in [2.24, 2.45) is 0 Å². The zero-order chi connectivity index (χ0) is 16.2. The van der Waals surface area contributed by atoms with Crippen LogP contribution in [0.5, 0.6) is 5.75 Å². The zero-order valence-electron chi connectivity index (χ0n) is 12.5. The van der Waals surface area contributed by atoms with Crippen LogP contribution in [0.4, 0.5) is 8.78 Å². The van der Waals surface area contributed by atoms with E-state index < -0.39 is 11.6 Å². The Morgan fingerprint density at radius 1 is 1.13 bits per heavy atom. The average molecular weight is 320 g/mol. The first-order chi connectivity index (χ1) is 11.1. The van der Waals surface area contributed by atoms with E-state index >= 15 is 0 Å². The Kier molecular flexibility index (Phi) is 4.60. The Morgan fingerprint density at radius 2 is 1.83 bits per heavy atom. The fraction of sp³-hybridized carbons (Fsp3) is 0.353. The maximum atomic E-state index is 13.2. The Bertz CT molecular complexity index is 645. The number of hydrogen-bond acceptors (Lipinski definition) is 2. The molecule has 122 valence electrons. The first-order valence-electron chi connectivity index (χ1n) is 7.66. The molecular formula is C17H18F2N2O2. The second-order valence-electron chi connectivity index (χ2n) is 5.77. The minimum atomic E-state index is -0.646. The van der Waals surface area contributed by atoms with Crippen molar-refractivity contribution in [1.82, 2.24) is 10.3 Å². The van der Waals surface area contributed by atoms with Crippen LogP contribution in [0, 0.1) is 11.6 Å². The molecule has 0 saturated heterocycles. The molecule has 0 unspecified atom stereocenters. The molecule has 1 saturated carbocycles. The van der Waals surface area contributed by atoms with Crippen LogP contribution in [0.25, 0.3) is 0 Å². The summed E-state index contributed by atoms with van der Waals surface area (Å²) in [6, 6.07) is 5.01. The number of H-pyrrole nitrogens is 1. The summed E-state index contributed by atoms with van der Waals surface area (Å²) >= 11 is 0. The number of amides is 1. The SMILES string of the molecule is O=C(NC1CCC(Oc2cc(F)cc(F)c2)CC1)c1cc[nH]c1. The van der Waals surface area contributed by atoms with E-state index in [1.54, 1.807) is 18.5 Å². The highest BCUT2D eigenvalue weighted by atomic mass is 19.1. The Balaban J connectivity index is 1.49. The molecule has 1 aliphatic carbocycles. The van der Waals surface area contributed by atoms with Gasteiger partial charge in [-0.2, -0.15) is 0 Å².